The molecule has 3 heterocycles. The average molecular weight is 419 g/mol. The topological polar surface area (TPSA) is 159 Å². The molecule has 0 aromatic carbocycles. The molecule has 0 radical (unpaired) electrons. The number of likely N-dealkylation sites (tertiary alicyclic amines) is 1. The van der Waals surface area contributed by atoms with Crippen LogP contribution in [0.3, 0.4) is 0 Å². The van der Waals surface area contributed by atoms with Gasteiger partial charge in [-0.2, -0.15) is 0 Å². The Hall–Kier alpha value is -3.67. The monoisotopic (exact) mass is 419 g/mol. The zero-order valence-corrected chi connectivity index (χ0v) is 15.6. The van der Waals surface area contributed by atoms with Crippen LogP contribution >= 0.6 is 0 Å². The van der Waals surface area contributed by atoms with E-state index in [0.717, 1.165) is 39.0 Å². The number of carboxylic acid groups (broad SMARTS) is 1. The van der Waals surface area contributed by atoms with E-state index in [1.165, 1.54) is 0 Å². The van der Waals surface area contributed by atoms with Crippen LogP contribution in [0.2, 0.25) is 0 Å². The van der Waals surface area contributed by atoms with Crippen molar-refractivity contribution in [1.82, 2.24) is 14.7 Å². The van der Waals surface area contributed by atoms with Gasteiger partial charge in [-0.1, -0.05) is 0 Å². The number of carboxylic acids is 1. The van der Waals surface area contributed by atoms with Gasteiger partial charge in [-0.25, -0.2) is 4.79 Å². The van der Waals surface area contributed by atoms with E-state index in [9.17, 15) is 33.6 Å². The first-order valence-electron chi connectivity index (χ1n) is 8.88. The minimum absolute atomic E-state index is 0.0693. The van der Waals surface area contributed by atoms with Crippen LogP contribution in [0.1, 0.15) is 12.8 Å². The lowest BCUT2D eigenvalue weighted by Gasteiger charge is -2.40. The summed E-state index contributed by atoms with van der Waals surface area (Å²) in [7, 11) is 0. The number of nitrogens with zero attached hydrogens (tertiary/aromatic N) is 3. The molecule has 1 N–H and O–H groups in total. The van der Waals surface area contributed by atoms with Gasteiger partial charge in [0.1, 0.15) is 12.2 Å². The standard InChI is InChI=1S/C18H17N3O9/c22-11-1-2-12(23)19(11)8-18(30-7-17(28)29,9-20-13(24)3-4-14(20)25)10-21-15(26)5-6-16(21)27/h1-4H,5-10H2,(H,28,29). The third kappa shape index (κ3) is 4.17. The number of hydrogen-bond donors (Lipinski definition) is 1. The molecule has 30 heavy (non-hydrogen) atoms. The molecule has 0 unspecified atom stereocenters. The molecule has 1 saturated heterocycles. The maximum atomic E-state index is 12.1. The van der Waals surface area contributed by atoms with E-state index < -0.39 is 73.3 Å². The second kappa shape index (κ2) is 7.99. The predicted octanol–water partition coefficient (Wildman–Crippen LogP) is -2.17. The van der Waals surface area contributed by atoms with E-state index in [2.05, 4.69) is 0 Å². The molecule has 3 aliphatic rings. The molecule has 3 rings (SSSR count). The second-order valence-corrected chi connectivity index (χ2v) is 6.93. The number of carbonyl (C=O) groups excluding carboxylic acids is 6. The minimum atomic E-state index is -1.90. The van der Waals surface area contributed by atoms with Gasteiger partial charge in [0.2, 0.25) is 11.8 Å². The molecule has 0 atom stereocenters. The Balaban J connectivity index is 1.97. The molecule has 0 spiro atoms. The highest BCUT2D eigenvalue weighted by Gasteiger charge is 2.46. The zero-order chi connectivity index (χ0) is 22.1. The third-order valence-corrected chi connectivity index (χ3v) is 4.80. The van der Waals surface area contributed by atoms with Crippen molar-refractivity contribution in [3.8, 4) is 0 Å². The Labute approximate surface area is 169 Å². The van der Waals surface area contributed by atoms with Crippen LogP contribution in [0.15, 0.2) is 24.3 Å². The fourth-order valence-corrected chi connectivity index (χ4v) is 3.34. The van der Waals surface area contributed by atoms with Gasteiger partial charge in [0.25, 0.3) is 23.6 Å². The molecule has 0 aromatic heterocycles. The van der Waals surface area contributed by atoms with Crippen LogP contribution < -0.4 is 0 Å². The first kappa shape index (κ1) is 21.0. The first-order valence-corrected chi connectivity index (χ1v) is 8.88. The molecule has 0 saturated carbocycles. The zero-order valence-electron chi connectivity index (χ0n) is 15.6. The molecular weight excluding hydrogens is 402 g/mol. The summed E-state index contributed by atoms with van der Waals surface area (Å²) < 4.78 is 5.47. The van der Waals surface area contributed by atoms with Gasteiger partial charge in [-0.3, -0.25) is 43.5 Å². The lowest BCUT2D eigenvalue weighted by Crippen LogP contribution is -2.61. The van der Waals surface area contributed by atoms with Crippen LogP contribution in [-0.2, 0) is 38.3 Å². The van der Waals surface area contributed by atoms with E-state index >= 15 is 0 Å². The summed E-state index contributed by atoms with van der Waals surface area (Å²) in [5.74, 6) is -5.42. The highest BCUT2D eigenvalue weighted by atomic mass is 16.5. The summed E-state index contributed by atoms with van der Waals surface area (Å²) in [4.78, 5) is 86.0. The van der Waals surface area contributed by atoms with Gasteiger partial charge in [-0.05, 0) is 0 Å². The SMILES string of the molecule is O=C(O)COC(CN1C(=O)C=CC1=O)(CN1C(=O)C=CC1=O)CN1C(=O)CCC1=O. The van der Waals surface area contributed by atoms with Crippen LogP contribution in [0.4, 0.5) is 0 Å². The first-order chi connectivity index (χ1) is 14.1. The van der Waals surface area contributed by atoms with E-state index in [-0.39, 0.29) is 12.8 Å². The van der Waals surface area contributed by atoms with Crippen molar-refractivity contribution >= 4 is 41.4 Å². The van der Waals surface area contributed by atoms with Crippen molar-refractivity contribution < 1.29 is 43.4 Å². The number of ether oxygens (including phenoxy) is 1. The van der Waals surface area contributed by atoms with Crippen LogP contribution in [0, 0.1) is 0 Å². The Morgan fingerprint density at radius 2 is 1.13 bits per heavy atom. The van der Waals surface area contributed by atoms with E-state index in [0.29, 0.717) is 0 Å². The van der Waals surface area contributed by atoms with Crippen molar-refractivity contribution in [2.45, 2.75) is 18.4 Å². The largest absolute Gasteiger partial charge is 0.480 e. The minimum Gasteiger partial charge on any atom is -0.480 e. The van der Waals surface area contributed by atoms with Gasteiger partial charge >= 0.3 is 5.97 Å². The Morgan fingerprint density at radius 1 is 0.767 bits per heavy atom. The number of rotatable bonds is 9. The van der Waals surface area contributed by atoms with Gasteiger partial charge in [-0.15, -0.1) is 0 Å². The summed E-state index contributed by atoms with van der Waals surface area (Å²) in [5, 5.41) is 9.08. The van der Waals surface area contributed by atoms with E-state index in [1.807, 2.05) is 0 Å². The van der Waals surface area contributed by atoms with Crippen molar-refractivity contribution in [3.05, 3.63) is 24.3 Å². The van der Waals surface area contributed by atoms with Gasteiger partial charge in [0.05, 0.1) is 19.6 Å². The molecule has 12 nitrogen and oxygen atoms in total. The third-order valence-electron chi connectivity index (χ3n) is 4.80. The van der Waals surface area contributed by atoms with Gasteiger partial charge in [0.15, 0.2) is 0 Å². The van der Waals surface area contributed by atoms with Crippen molar-refractivity contribution in [1.29, 1.82) is 0 Å². The Morgan fingerprint density at radius 3 is 1.50 bits per heavy atom. The van der Waals surface area contributed by atoms with Crippen LogP contribution in [-0.4, -0.2) is 93.1 Å². The Bertz CT molecular complexity index is 816. The second-order valence-electron chi connectivity index (χ2n) is 6.93. The van der Waals surface area contributed by atoms with Gasteiger partial charge in [0, 0.05) is 37.1 Å². The van der Waals surface area contributed by atoms with Gasteiger partial charge < -0.3 is 9.84 Å². The highest BCUT2D eigenvalue weighted by Crippen LogP contribution is 2.25. The number of carbonyl (C=O) groups is 7. The molecule has 0 aliphatic carbocycles. The molecule has 12 heteroatoms. The molecule has 158 valence electrons. The summed E-state index contributed by atoms with van der Waals surface area (Å²) in [5.41, 5.74) is -1.90. The maximum absolute atomic E-state index is 12.1. The molecular formula is C18H17N3O9. The summed E-state index contributed by atoms with van der Waals surface area (Å²) in [6.07, 6.45) is 3.82. The van der Waals surface area contributed by atoms with E-state index in [1.54, 1.807) is 0 Å². The maximum Gasteiger partial charge on any atom is 0.329 e. The van der Waals surface area contributed by atoms with Crippen LogP contribution in [0.25, 0.3) is 0 Å². The fourth-order valence-electron chi connectivity index (χ4n) is 3.34. The molecule has 6 amide bonds. The summed E-state index contributed by atoms with van der Waals surface area (Å²) in [6.45, 7) is -2.65. The quantitative estimate of drug-likeness (QED) is 0.410. The van der Waals surface area contributed by atoms with Crippen molar-refractivity contribution in [2.75, 3.05) is 26.2 Å². The summed E-state index contributed by atoms with van der Waals surface area (Å²) in [6, 6.07) is 0. The number of hydrogen-bond acceptors (Lipinski definition) is 8. The lowest BCUT2D eigenvalue weighted by molar-refractivity contribution is -0.163. The van der Waals surface area contributed by atoms with E-state index in [4.69, 9.17) is 9.84 Å². The molecule has 0 bridgehead atoms. The smallest absolute Gasteiger partial charge is 0.329 e. The molecule has 0 aromatic rings. The Kier molecular flexibility index (Phi) is 5.60. The highest BCUT2D eigenvalue weighted by molar-refractivity contribution is 6.14. The number of amides is 6. The molecule has 1 fully saturated rings. The predicted molar refractivity (Wildman–Crippen MR) is 94.0 cm³/mol. The van der Waals surface area contributed by atoms with Crippen molar-refractivity contribution in [2.24, 2.45) is 0 Å². The lowest BCUT2D eigenvalue weighted by atomic mass is 10.0. The normalized spacial score (nSPS) is 19.3. The summed E-state index contributed by atoms with van der Waals surface area (Å²) >= 11 is 0. The molecule has 3 aliphatic heterocycles. The number of aliphatic carboxylic acids is 1. The average Bonchev–Trinajstić information content (AvgIpc) is 3.29. The number of imide groups is 3. The van der Waals surface area contributed by atoms with Crippen molar-refractivity contribution in [3.63, 3.8) is 0 Å². The fraction of sp³-hybridized carbons (Fsp3) is 0.389. The van der Waals surface area contributed by atoms with Crippen LogP contribution in [0.5, 0.6) is 0 Å².